The van der Waals surface area contributed by atoms with Crippen LogP contribution in [-0.4, -0.2) is 22.4 Å². The van der Waals surface area contributed by atoms with Gasteiger partial charge in [0, 0.05) is 19.0 Å². The summed E-state index contributed by atoms with van der Waals surface area (Å²) in [6.07, 6.45) is 4.09. The molecule has 134 valence electrons. The monoisotopic (exact) mass is 347 g/mol. The highest BCUT2D eigenvalue weighted by molar-refractivity contribution is 5.91. The topological polar surface area (TPSA) is 57.8 Å². The van der Waals surface area contributed by atoms with Gasteiger partial charge in [-0.15, -0.1) is 0 Å². The maximum Gasteiger partial charge on any atom is 0.244 e. The third-order valence-corrected chi connectivity index (χ3v) is 4.30. The molecule has 0 spiro atoms. The molecule has 3 aromatic rings. The molecule has 1 amide bonds. The highest BCUT2D eigenvalue weighted by Crippen LogP contribution is 2.22. The van der Waals surface area contributed by atoms with Gasteiger partial charge in [-0.1, -0.05) is 57.2 Å². The van der Waals surface area contributed by atoms with Crippen LogP contribution < -0.4 is 5.32 Å². The second-order valence-electron chi connectivity index (χ2n) is 7.45. The summed E-state index contributed by atoms with van der Waals surface area (Å²) in [6.45, 7) is 7.11. The molecule has 4 heteroatoms. The molecule has 1 aromatic heterocycles. The molecule has 0 fully saturated rings. The molecule has 26 heavy (non-hydrogen) atoms. The van der Waals surface area contributed by atoms with Gasteiger partial charge in [0.1, 0.15) is 5.82 Å². The third kappa shape index (κ3) is 4.60. The zero-order valence-electron chi connectivity index (χ0n) is 15.5. The van der Waals surface area contributed by atoms with Gasteiger partial charge in [0.2, 0.25) is 5.91 Å². The van der Waals surface area contributed by atoms with E-state index in [4.69, 9.17) is 0 Å². The third-order valence-electron chi connectivity index (χ3n) is 4.30. The Kier molecular flexibility index (Phi) is 5.21. The van der Waals surface area contributed by atoms with Crippen LogP contribution in [0.5, 0.6) is 0 Å². The molecule has 0 saturated heterocycles. The molecule has 0 aliphatic rings. The van der Waals surface area contributed by atoms with E-state index < -0.39 is 0 Å². The number of carbonyl (C=O) groups excluding carboxylic acids is 1. The zero-order chi connectivity index (χ0) is 18.6. The lowest BCUT2D eigenvalue weighted by molar-refractivity contribution is -0.116. The van der Waals surface area contributed by atoms with E-state index in [9.17, 15) is 4.79 Å². The summed E-state index contributed by atoms with van der Waals surface area (Å²) in [4.78, 5) is 19.7. The van der Waals surface area contributed by atoms with Crippen LogP contribution in [0.2, 0.25) is 0 Å². The van der Waals surface area contributed by atoms with Crippen LogP contribution in [0.25, 0.3) is 17.1 Å². The first-order chi connectivity index (χ1) is 12.4. The Balaban J connectivity index is 1.49. The Hall–Kier alpha value is -2.88. The molecule has 3 rings (SSSR count). The number of nitrogens with one attached hydrogen (secondary N) is 2. The van der Waals surface area contributed by atoms with Crippen LogP contribution in [0.15, 0.2) is 54.6 Å². The number of fused-ring (bicyclic) bond motifs is 1. The van der Waals surface area contributed by atoms with Crippen LogP contribution >= 0.6 is 0 Å². The summed E-state index contributed by atoms with van der Waals surface area (Å²) in [5.74, 6) is 0.786. The molecule has 4 nitrogen and oxygen atoms in total. The average molecular weight is 347 g/mol. The standard InChI is InChI=1S/C22H25N3O/c1-22(2,3)17-11-8-16(9-12-17)10-13-21(26)23-15-14-20-24-18-6-4-5-7-19(18)25-20/h4-13H,14-15H2,1-3H3,(H,23,26)(H,24,25)/b13-10+. The van der Waals surface area contributed by atoms with E-state index in [0.29, 0.717) is 13.0 Å². The van der Waals surface area contributed by atoms with E-state index in [2.05, 4.69) is 48.2 Å². The van der Waals surface area contributed by atoms with E-state index >= 15 is 0 Å². The second-order valence-corrected chi connectivity index (χ2v) is 7.45. The van der Waals surface area contributed by atoms with E-state index in [0.717, 1.165) is 22.4 Å². The molecular formula is C22H25N3O. The minimum absolute atomic E-state index is 0.0963. The smallest absolute Gasteiger partial charge is 0.244 e. The van der Waals surface area contributed by atoms with Crippen molar-refractivity contribution >= 4 is 23.0 Å². The fourth-order valence-electron chi connectivity index (χ4n) is 2.75. The van der Waals surface area contributed by atoms with Crippen molar-refractivity contribution in [2.45, 2.75) is 32.6 Å². The largest absolute Gasteiger partial charge is 0.352 e. The molecule has 0 radical (unpaired) electrons. The van der Waals surface area contributed by atoms with Crippen molar-refractivity contribution in [3.8, 4) is 0 Å². The number of hydrogen-bond acceptors (Lipinski definition) is 2. The van der Waals surface area contributed by atoms with Gasteiger partial charge in [-0.3, -0.25) is 4.79 Å². The van der Waals surface area contributed by atoms with Crippen molar-refractivity contribution < 1.29 is 4.79 Å². The predicted molar refractivity (Wildman–Crippen MR) is 107 cm³/mol. The number of amides is 1. The van der Waals surface area contributed by atoms with Crippen molar-refractivity contribution in [1.82, 2.24) is 15.3 Å². The fraction of sp³-hybridized carbons (Fsp3) is 0.273. The van der Waals surface area contributed by atoms with E-state index in [1.165, 1.54) is 5.56 Å². The Labute approximate surface area is 154 Å². The lowest BCUT2D eigenvalue weighted by Crippen LogP contribution is -2.23. The van der Waals surface area contributed by atoms with Crippen LogP contribution in [0, 0.1) is 0 Å². The number of H-pyrrole nitrogens is 1. The van der Waals surface area contributed by atoms with Crippen molar-refractivity contribution in [3.05, 3.63) is 71.6 Å². The molecular weight excluding hydrogens is 322 g/mol. The molecule has 2 aromatic carbocycles. The number of hydrogen-bond donors (Lipinski definition) is 2. The van der Waals surface area contributed by atoms with Crippen molar-refractivity contribution in [3.63, 3.8) is 0 Å². The fourth-order valence-corrected chi connectivity index (χ4v) is 2.75. The Bertz CT molecular complexity index is 881. The highest BCUT2D eigenvalue weighted by atomic mass is 16.1. The Morgan fingerprint density at radius 3 is 2.54 bits per heavy atom. The molecule has 0 aliphatic carbocycles. The van der Waals surface area contributed by atoms with E-state index in [1.807, 2.05) is 42.5 Å². The SMILES string of the molecule is CC(C)(C)c1ccc(/C=C/C(=O)NCCc2nc3ccccc3[nH]2)cc1. The van der Waals surface area contributed by atoms with Crippen LogP contribution in [0.1, 0.15) is 37.7 Å². The van der Waals surface area contributed by atoms with Gasteiger partial charge in [-0.05, 0) is 34.8 Å². The first kappa shape index (κ1) is 17.9. The number of imidazole rings is 1. The van der Waals surface area contributed by atoms with Gasteiger partial charge >= 0.3 is 0 Å². The van der Waals surface area contributed by atoms with Crippen LogP contribution in [0.4, 0.5) is 0 Å². The van der Waals surface area contributed by atoms with Gasteiger partial charge < -0.3 is 10.3 Å². The quantitative estimate of drug-likeness (QED) is 0.679. The first-order valence-electron chi connectivity index (χ1n) is 8.92. The number of para-hydroxylation sites is 2. The number of benzene rings is 2. The minimum Gasteiger partial charge on any atom is -0.352 e. The zero-order valence-corrected chi connectivity index (χ0v) is 15.5. The van der Waals surface area contributed by atoms with Crippen molar-refractivity contribution in [2.75, 3.05) is 6.54 Å². The summed E-state index contributed by atoms with van der Waals surface area (Å²) >= 11 is 0. The van der Waals surface area contributed by atoms with Crippen molar-refractivity contribution in [2.24, 2.45) is 0 Å². The maximum absolute atomic E-state index is 12.0. The molecule has 0 aliphatic heterocycles. The number of nitrogens with zero attached hydrogens (tertiary/aromatic N) is 1. The Morgan fingerprint density at radius 2 is 1.85 bits per heavy atom. The lowest BCUT2D eigenvalue weighted by atomic mass is 9.87. The molecule has 0 saturated carbocycles. The first-order valence-corrected chi connectivity index (χ1v) is 8.92. The van der Waals surface area contributed by atoms with Crippen LogP contribution in [0.3, 0.4) is 0 Å². The number of aromatic amines is 1. The van der Waals surface area contributed by atoms with Crippen LogP contribution in [-0.2, 0) is 16.6 Å². The van der Waals surface area contributed by atoms with Gasteiger partial charge in [-0.2, -0.15) is 0 Å². The Morgan fingerprint density at radius 1 is 1.12 bits per heavy atom. The predicted octanol–water partition coefficient (Wildman–Crippen LogP) is 4.23. The summed E-state index contributed by atoms with van der Waals surface area (Å²) in [7, 11) is 0. The molecule has 0 atom stereocenters. The van der Waals surface area contributed by atoms with Gasteiger partial charge in [-0.25, -0.2) is 4.98 Å². The molecule has 0 unspecified atom stereocenters. The normalized spacial score (nSPS) is 12.0. The summed E-state index contributed by atoms with van der Waals surface area (Å²) in [6, 6.07) is 16.2. The van der Waals surface area contributed by atoms with E-state index in [-0.39, 0.29) is 11.3 Å². The summed E-state index contributed by atoms with van der Waals surface area (Å²) in [5, 5.41) is 2.90. The second kappa shape index (κ2) is 7.56. The van der Waals surface area contributed by atoms with Crippen molar-refractivity contribution in [1.29, 1.82) is 0 Å². The minimum atomic E-state index is -0.0963. The highest BCUT2D eigenvalue weighted by Gasteiger charge is 2.12. The molecule has 0 bridgehead atoms. The summed E-state index contributed by atoms with van der Waals surface area (Å²) < 4.78 is 0. The molecule has 2 N–H and O–H groups in total. The number of aromatic nitrogens is 2. The van der Waals surface area contributed by atoms with Gasteiger partial charge in [0.25, 0.3) is 0 Å². The van der Waals surface area contributed by atoms with E-state index in [1.54, 1.807) is 6.08 Å². The molecule has 1 heterocycles. The number of rotatable bonds is 5. The lowest BCUT2D eigenvalue weighted by Gasteiger charge is -2.18. The maximum atomic E-state index is 12.0. The summed E-state index contributed by atoms with van der Waals surface area (Å²) in [5.41, 5.74) is 4.41. The van der Waals surface area contributed by atoms with Gasteiger partial charge in [0.15, 0.2) is 0 Å². The van der Waals surface area contributed by atoms with Gasteiger partial charge in [0.05, 0.1) is 11.0 Å². The number of carbonyl (C=O) groups is 1. The average Bonchev–Trinajstić information content (AvgIpc) is 3.02.